The van der Waals surface area contributed by atoms with Crippen LogP contribution in [0.5, 0.6) is 0 Å². The van der Waals surface area contributed by atoms with Crippen molar-refractivity contribution in [1.29, 1.82) is 0 Å². The number of hydrogen-bond donors (Lipinski definition) is 3. The second-order valence-corrected chi connectivity index (χ2v) is 2.35. The standard InChI is InChI=1S/C4H4O4.C3H7N/c5-3(6)1-2-4(7)8;4-3-1-2-3/h1-2H,(H,5,6)(H,7,8);3H,1-2,4H2/b2-1+;. The summed E-state index contributed by atoms with van der Waals surface area (Å²) in [6.07, 6.45) is 3.64. The van der Waals surface area contributed by atoms with Gasteiger partial charge in [-0.25, -0.2) is 9.59 Å². The van der Waals surface area contributed by atoms with Crippen molar-refractivity contribution < 1.29 is 19.8 Å². The summed E-state index contributed by atoms with van der Waals surface area (Å²) in [5, 5.41) is 15.6. The first kappa shape index (κ1) is 10.6. The summed E-state index contributed by atoms with van der Waals surface area (Å²) in [5.41, 5.74) is 5.22. The smallest absolute Gasteiger partial charge is 0.328 e. The SMILES string of the molecule is NC1CC1.O=C(O)/C=C/C(=O)O. The molecule has 0 heterocycles. The fourth-order valence-corrected chi connectivity index (χ4v) is 0.239. The molecule has 0 aromatic carbocycles. The van der Waals surface area contributed by atoms with Crippen LogP contribution in [0.25, 0.3) is 0 Å². The number of carboxylic acid groups (broad SMARTS) is 2. The first-order valence-electron chi connectivity index (χ1n) is 3.42. The molecule has 5 nitrogen and oxygen atoms in total. The van der Waals surface area contributed by atoms with Crippen LogP contribution >= 0.6 is 0 Å². The normalized spacial score (nSPS) is 15.1. The van der Waals surface area contributed by atoms with Gasteiger partial charge in [0.05, 0.1) is 0 Å². The highest BCUT2D eigenvalue weighted by atomic mass is 16.4. The molecule has 0 atom stereocenters. The quantitative estimate of drug-likeness (QED) is 0.503. The van der Waals surface area contributed by atoms with Gasteiger partial charge < -0.3 is 15.9 Å². The Morgan fingerprint density at radius 2 is 1.42 bits per heavy atom. The average Bonchev–Trinajstić information content (AvgIpc) is 2.69. The summed E-state index contributed by atoms with van der Waals surface area (Å²) in [4.78, 5) is 19.1. The van der Waals surface area contributed by atoms with E-state index in [9.17, 15) is 9.59 Å². The maximum absolute atomic E-state index is 9.55. The number of hydrogen-bond acceptors (Lipinski definition) is 3. The summed E-state index contributed by atoms with van der Waals surface area (Å²) in [7, 11) is 0. The van der Waals surface area contributed by atoms with Crippen LogP contribution in [0, 0.1) is 0 Å². The number of aliphatic carboxylic acids is 2. The van der Waals surface area contributed by atoms with Crippen molar-refractivity contribution in [2.45, 2.75) is 18.9 Å². The van der Waals surface area contributed by atoms with Crippen LogP contribution in [0.1, 0.15) is 12.8 Å². The predicted octanol–water partition coefficient (Wildman–Crippen LogP) is -0.181. The Kier molecular flexibility index (Phi) is 4.71. The monoisotopic (exact) mass is 173 g/mol. The summed E-state index contributed by atoms with van der Waals surface area (Å²) in [6.45, 7) is 0. The van der Waals surface area contributed by atoms with E-state index in [0.717, 1.165) is 0 Å². The third kappa shape index (κ3) is 11.4. The molecule has 0 aromatic heterocycles. The zero-order chi connectivity index (χ0) is 9.56. The molecule has 0 spiro atoms. The zero-order valence-electron chi connectivity index (χ0n) is 6.43. The molecule has 0 aliphatic heterocycles. The maximum Gasteiger partial charge on any atom is 0.328 e. The lowest BCUT2D eigenvalue weighted by atomic mass is 10.5. The van der Waals surface area contributed by atoms with Crippen molar-refractivity contribution in [2.75, 3.05) is 0 Å². The minimum Gasteiger partial charge on any atom is -0.478 e. The van der Waals surface area contributed by atoms with Crippen molar-refractivity contribution >= 4 is 11.9 Å². The van der Waals surface area contributed by atoms with Gasteiger partial charge in [-0.3, -0.25) is 0 Å². The van der Waals surface area contributed by atoms with E-state index in [1.54, 1.807) is 0 Å². The van der Waals surface area contributed by atoms with E-state index in [1.165, 1.54) is 12.8 Å². The molecule has 5 heteroatoms. The van der Waals surface area contributed by atoms with Crippen LogP contribution in [0.4, 0.5) is 0 Å². The molecular weight excluding hydrogens is 162 g/mol. The van der Waals surface area contributed by atoms with Crippen molar-refractivity contribution in [3.8, 4) is 0 Å². The molecule has 1 saturated carbocycles. The maximum atomic E-state index is 9.55. The number of rotatable bonds is 2. The van der Waals surface area contributed by atoms with Gasteiger partial charge in [-0.05, 0) is 12.8 Å². The van der Waals surface area contributed by atoms with E-state index < -0.39 is 11.9 Å². The largest absolute Gasteiger partial charge is 0.478 e. The molecule has 68 valence electrons. The summed E-state index contributed by atoms with van der Waals surface area (Å²) in [6, 6.07) is 0.583. The highest BCUT2D eigenvalue weighted by Crippen LogP contribution is 2.13. The molecule has 1 fully saturated rings. The Morgan fingerprint density at radius 3 is 1.50 bits per heavy atom. The highest BCUT2D eigenvalue weighted by molar-refractivity contribution is 5.89. The molecular formula is C7H11NO4. The lowest BCUT2D eigenvalue weighted by Crippen LogP contribution is -1.94. The van der Waals surface area contributed by atoms with Crippen LogP contribution in [0.3, 0.4) is 0 Å². The lowest BCUT2D eigenvalue weighted by Gasteiger charge is -1.74. The van der Waals surface area contributed by atoms with Gasteiger partial charge in [0.2, 0.25) is 0 Å². The molecule has 1 rings (SSSR count). The van der Waals surface area contributed by atoms with Gasteiger partial charge in [-0.2, -0.15) is 0 Å². The molecule has 0 aromatic rings. The fraction of sp³-hybridized carbons (Fsp3) is 0.429. The van der Waals surface area contributed by atoms with Gasteiger partial charge in [0, 0.05) is 18.2 Å². The number of carboxylic acids is 2. The molecule has 0 unspecified atom stereocenters. The summed E-state index contributed by atoms with van der Waals surface area (Å²) < 4.78 is 0. The molecule has 1 aliphatic rings. The highest BCUT2D eigenvalue weighted by Gasteiger charge is 2.13. The van der Waals surface area contributed by atoms with Crippen molar-refractivity contribution in [3.63, 3.8) is 0 Å². The molecule has 0 bridgehead atoms. The topological polar surface area (TPSA) is 101 Å². The first-order chi connectivity index (χ1) is 5.52. The molecule has 1 aliphatic carbocycles. The molecule has 0 amide bonds. The van der Waals surface area contributed by atoms with Crippen LogP contribution in [0.2, 0.25) is 0 Å². The van der Waals surface area contributed by atoms with Gasteiger partial charge in [0.15, 0.2) is 0 Å². The second kappa shape index (κ2) is 5.31. The van der Waals surface area contributed by atoms with Crippen molar-refractivity contribution in [3.05, 3.63) is 12.2 Å². The minimum atomic E-state index is -1.26. The van der Waals surface area contributed by atoms with Gasteiger partial charge >= 0.3 is 11.9 Å². The van der Waals surface area contributed by atoms with E-state index >= 15 is 0 Å². The fourth-order valence-electron chi connectivity index (χ4n) is 0.239. The molecule has 0 saturated heterocycles. The Labute approximate surface area is 69.5 Å². The van der Waals surface area contributed by atoms with Gasteiger partial charge in [-0.15, -0.1) is 0 Å². The second-order valence-electron chi connectivity index (χ2n) is 2.35. The van der Waals surface area contributed by atoms with Crippen molar-refractivity contribution in [1.82, 2.24) is 0 Å². The Hall–Kier alpha value is -1.36. The van der Waals surface area contributed by atoms with E-state index in [0.29, 0.717) is 18.2 Å². The Balaban J connectivity index is 0.000000247. The van der Waals surface area contributed by atoms with Gasteiger partial charge in [0.25, 0.3) is 0 Å². The Morgan fingerprint density at radius 1 is 1.17 bits per heavy atom. The predicted molar refractivity (Wildman–Crippen MR) is 41.6 cm³/mol. The van der Waals surface area contributed by atoms with Crippen LogP contribution in [-0.4, -0.2) is 28.2 Å². The minimum absolute atomic E-state index is 0.558. The van der Waals surface area contributed by atoms with E-state index in [1.807, 2.05) is 0 Å². The van der Waals surface area contributed by atoms with Gasteiger partial charge in [0.1, 0.15) is 0 Å². The zero-order valence-corrected chi connectivity index (χ0v) is 6.43. The Bertz CT molecular complexity index is 180. The number of carbonyl (C=O) groups is 2. The van der Waals surface area contributed by atoms with Crippen LogP contribution < -0.4 is 5.73 Å². The van der Waals surface area contributed by atoms with Crippen LogP contribution in [0.15, 0.2) is 12.2 Å². The lowest BCUT2D eigenvalue weighted by molar-refractivity contribution is -0.134. The van der Waals surface area contributed by atoms with E-state index in [2.05, 4.69) is 0 Å². The number of nitrogens with two attached hydrogens (primary N) is 1. The van der Waals surface area contributed by atoms with Crippen molar-refractivity contribution in [2.24, 2.45) is 5.73 Å². The molecule has 12 heavy (non-hydrogen) atoms. The first-order valence-corrected chi connectivity index (χ1v) is 3.42. The van der Waals surface area contributed by atoms with E-state index in [-0.39, 0.29) is 0 Å². The van der Waals surface area contributed by atoms with Crippen LogP contribution in [-0.2, 0) is 9.59 Å². The summed E-state index contributed by atoms with van der Waals surface area (Å²) >= 11 is 0. The average molecular weight is 173 g/mol. The third-order valence-electron chi connectivity index (χ3n) is 0.990. The molecule has 0 radical (unpaired) electrons. The summed E-state index contributed by atoms with van der Waals surface area (Å²) in [5.74, 6) is -2.51. The van der Waals surface area contributed by atoms with Gasteiger partial charge in [-0.1, -0.05) is 0 Å². The van der Waals surface area contributed by atoms with E-state index in [4.69, 9.17) is 15.9 Å². The molecule has 4 N–H and O–H groups in total. The third-order valence-corrected chi connectivity index (χ3v) is 0.990.